The summed E-state index contributed by atoms with van der Waals surface area (Å²) in [6, 6.07) is 7.10. The molecule has 0 amide bonds. The van der Waals surface area contributed by atoms with E-state index in [0.717, 1.165) is 11.3 Å². The number of hydrogen-bond acceptors (Lipinski definition) is 5. The van der Waals surface area contributed by atoms with Crippen LogP contribution in [-0.2, 0) is 6.42 Å². The maximum absolute atomic E-state index is 6.10. The van der Waals surface area contributed by atoms with Crippen molar-refractivity contribution in [3.63, 3.8) is 0 Å². The first kappa shape index (κ1) is 12.8. The summed E-state index contributed by atoms with van der Waals surface area (Å²) in [7, 11) is 0. The number of rotatable bonds is 4. The molecule has 18 heavy (non-hydrogen) atoms. The Morgan fingerprint density at radius 1 is 1.28 bits per heavy atom. The van der Waals surface area contributed by atoms with Gasteiger partial charge in [-0.3, -0.25) is 16.3 Å². The fourth-order valence-electron chi connectivity index (χ4n) is 1.75. The van der Waals surface area contributed by atoms with Crippen LogP contribution in [0.15, 0.2) is 36.7 Å². The van der Waals surface area contributed by atoms with E-state index in [4.69, 9.17) is 23.2 Å². The van der Waals surface area contributed by atoms with Crippen LogP contribution in [0.1, 0.15) is 17.3 Å². The van der Waals surface area contributed by atoms with E-state index >= 15 is 0 Å². The lowest BCUT2D eigenvalue weighted by Crippen LogP contribution is -2.30. The molecule has 2 aromatic heterocycles. The third-order valence-electron chi connectivity index (χ3n) is 2.60. The lowest BCUT2D eigenvalue weighted by molar-refractivity contribution is 0.538. The van der Waals surface area contributed by atoms with Crippen molar-refractivity contribution in [2.75, 3.05) is 5.73 Å². The zero-order valence-corrected chi connectivity index (χ0v) is 10.4. The van der Waals surface area contributed by atoms with Gasteiger partial charge < -0.3 is 5.73 Å². The summed E-state index contributed by atoms with van der Waals surface area (Å²) in [5.74, 6) is 6.05. The number of nitrogens with two attached hydrogens (primary N) is 2. The van der Waals surface area contributed by atoms with Gasteiger partial charge in [-0.1, -0.05) is 11.6 Å². The minimum Gasteiger partial charge on any atom is -0.384 e. The summed E-state index contributed by atoms with van der Waals surface area (Å²) >= 11 is 6.10. The van der Waals surface area contributed by atoms with Gasteiger partial charge in [-0.25, -0.2) is 4.98 Å². The van der Waals surface area contributed by atoms with E-state index in [0.29, 0.717) is 17.3 Å². The molecule has 0 aliphatic carbocycles. The number of nitrogens with zero attached hydrogens (tertiary/aromatic N) is 2. The summed E-state index contributed by atoms with van der Waals surface area (Å²) in [4.78, 5) is 8.19. The van der Waals surface area contributed by atoms with Crippen molar-refractivity contribution in [1.29, 1.82) is 0 Å². The smallest absolute Gasteiger partial charge is 0.123 e. The van der Waals surface area contributed by atoms with Crippen molar-refractivity contribution < 1.29 is 0 Å². The Morgan fingerprint density at radius 3 is 2.78 bits per heavy atom. The Kier molecular flexibility index (Phi) is 4.09. The minimum absolute atomic E-state index is 0.166. The van der Waals surface area contributed by atoms with Crippen LogP contribution >= 0.6 is 11.6 Å². The van der Waals surface area contributed by atoms with E-state index in [9.17, 15) is 0 Å². The molecule has 1 unspecified atom stereocenters. The van der Waals surface area contributed by atoms with E-state index in [1.165, 1.54) is 0 Å². The number of hydrazine groups is 1. The van der Waals surface area contributed by atoms with Crippen LogP contribution in [-0.4, -0.2) is 9.97 Å². The van der Waals surface area contributed by atoms with Gasteiger partial charge in [-0.15, -0.1) is 0 Å². The third-order valence-corrected chi connectivity index (χ3v) is 2.92. The molecule has 5 nitrogen and oxygen atoms in total. The first-order valence-corrected chi connectivity index (χ1v) is 5.85. The van der Waals surface area contributed by atoms with Gasteiger partial charge in [0.1, 0.15) is 5.82 Å². The average molecular weight is 264 g/mol. The van der Waals surface area contributed by atoms with Crippen molar-refractivity contribution in [3.8, 4) is 0 Å². The zero-order valence-electron chi connectivity index (χ0n) is 9.68. The van der Waals surface area contributed by atoms with Crippen LogP contribution in [0.4, 0.5) is 5.82 Å². The van der Waals surface area contributed by atoms with Gasteiger partial charge in [0.25, 0.3) is 0 Å². The molecule has 0 saturated heterocycles. The first-order valence-electron chi connectivity index (χ1n) is 5.47. The van der Waals surface area contributed by atoms with Crippen molar-refractivity contribution in [2.24, 2.45) is 5.84 Å². The van der Waals surface area contributed by atoms with Crippen LogP contribution in [0.3, 0.4) is 0 Å². The highest BCUT2D eigenvalue weighted by molar-refractivity contribution is 6.31. The van der Waals surface area contributed by atoms with Gasteiger partial charge in [0.15, 0.2) is 0 Å². The predicted octanol–water partition coefficient (Wildman–Crippen LogP) is 1.46. The number of nitrogen functional groups attached to an aromatic ring is 1. The number of halogens is 1. The quantitative estimate of drug-likeness (QED) is 0.574. The van der Waals surface area contributed by atoms with Crippen molar-refractivity contribution in [2.45, 2.75) is 12.5 Å². The molecular formula is C12H14ClN5. The van der Waals surface area contributed by atoms with Crippen molar-refractivity contribution >= 4 is 17.4 Å². The summed E-state index contributed by atoms with van der Waals surface area (Å²) in [6.07, 6.45) is 3.99. The molecule has 94 valence electrons. The largest absolute Gasteiger partial charge is 0.384 e. The highest BCUT2D eigenvalue weighted by Gasteiger charge is 2.15. The SMILES string of the molecule is NNC(Cc1ccnc(N)c1)c1ncccc1Cl. The molecule has 0 aromatic carbocycles. The van der Waals surface area contributed by atoms with Gasteiger partial charge in [-0.2, -0.15) is 0 Å². The lowest BCUT2D eigenvalue weighted by atomic mass is 10.0. The highest BCUT2D eigenvalue weighted by Crippen LogP contribution is 2.23. The Labute approximate surface area is 110 Å². The zero-order chi connectivity index (χ0) is 13.0. The molecule has 2 rings (SSSR count). The van der Waals surface area contributed by atoms with Crippen molar-refractivity contribution in [3.05, 3.63) is 52.9 Å². The van der Waals surface area contributed by atoms with Crippen LogP contribution in [0.2, 0.25) is 5.02 Å². The number of hydrogen-bond donors (Lipinski definition) is 3. The Morgan fingerprint density at radius 2 is 2.11 bits per heavy atom. The summed E-state index contributed by atoms with van der Waals surface area (Å²) < 4.78 is 0. The molecule has 0 spiro atoms. The second kappa shape index (κ2) is 5.77. The summed E-state index contributed by atoms with van der Waals surface area (Å²) in [5.41, 5.74) is 10.1. The molecule has 0 aliphatic heterocycles. The van der Waals surface area contributed by atoms with Crippen LogP contribution < -0.4 is 17.0 Å². The highest BCUT2D eigenvalue weighted by atomic mass is 35.5. The third kappa shape index (κ3) is 2.95. The number of pyridine rings is 2. The fourth-order valence-corrected chi connectivity index (χ4v) is 2.00. The fraction of sp³-hybridized carbons (Fsp3) is 0.167. The second-order valence-electron chi connectivity index (χ2n) is 3.88. The average Bonchev–Trinajstić information content (AvgIpc) is 2.37. The number of nitrogens with one attached hydrogen (secondary N) is 1. The molecule has 0 fully saturated rings. The second-order valence-corrected chi connectivity index (χ2v) is 4.29. The molecule has 0 radical (unpaired) electrons. The molecule has 6 heteroatoms. The van der Waals surface area contributed by atoms with Crippen LogP contribution in [0, 0.1) is 0 Å². The van der Waals surface area contributed by atoms with Gasteiger partial charge in [0, 0.05) is 12.4 Å². The van der Waals surface area contributed by atoms with Gasteiger partial charge in [0.2, 0.25) is 0 Å². The van der Waals surface area contributed by atoms with E-state index in [1.54, 1.807) is 30.6 Å². The van der Waals surface area contributed by atoms with Crippen LogP contribution in [0.5, 0.6) is 0 Å². The Balaban J connectivity index is 2.23. The van der Waals surface area contributed by atoms with E-state index in [1.807, 2.05) is 6.07 Å². The van der Waals surface area contributed by atoms with Crippen LogP contribution in [0.25, 0.3) is 0 Å². The lowest BCUT2D eigenvalue weighted by Gasteiger charge is -2.16. The number of aromatic nitrogens is 2. The first-order chi connectivity index (χ1) is 8.70. The maximum Gasteiger partial charge on any atom is 0.123 e. The van der Waals surface area contributed by atoms with Gasteiger partial charge >= 0.3 is 0 Å². The molecule has 1 atom stereocenters. The Bertz CT molecular complexity index is 531. The van der Waals surface area contributed by atoms with Crippen molar-refractivity contribution in [1.82, 2.24) is 15.4 Å². The normalized spacial score (nSPS) is 12.3. The monoisotopic (exact) mass is 263 g/mol. The predicted molar refractivity (Wildman–Crippen MR) is 71.7 cm³/mol. The number of anilines is 1. The van der Waals surface area contributed by atoms with E-state index < -0.39 is 0 Å². The topological polar surface area (TPSA) is 89.8 Å². The molecular weight excluding hydrogens is 250 g/mol. The van der Waals surface area contributed by atoms with Gasteiger partial charge in [-0.05, 0) is 36.2 Å². The Hall–Kier alpha value is -1.69. The van der Waals surface area contributed by atoms with Gasteiger partial charge in [0.05, 0.1) is 16.8 Å². The molecule has 5 N–H and O–H groups in total. The minimum atomic E-state index is -0.166. The summed E-state index contributed by atoms with van der Waals surface area (Å²) in [6.45, 7) is 0. The molecule has 0 saturated carbocycles. The van der Waals surface area contributed by atoms with E-state index in [2.05, 4.69) is 15.4 Å². The summed E-state index contributed by atoms with van der Waals surface area (Å²) in [5, 5.41) is 0.586. The molecule has 0 bridgehead atoms. The van der Waals surface area contributed by atoms with E-state index in [-0.39, 0.29) is 6.04 Å². The standard InChI is InChI=1S/C12H14ClN5/c13-9-2-1-4-17-12(9)10(18-15)6-8-3-5-16-11(14)7-8/h1-5,7,10,18H,6,15H2,(H2,14,16). The maximum atomic E-state index is 6.10. The molecule has 2 heterocycles. The molecule has 2 aromatic rings. The molecule has 0 aliphatic rings.